The van der Waals surface area contributed by atoms with Crippen LogP contribution >= 0.6 is 11.8 Å². The van der Waals surface area contributed by atoms with E-state index in [1.165, 1.54) is 18.9 Å². The van der Waals surface area contributed by atoms with Gasteiger partial charge in [-0.2, -0.15) is 0 Å². The molecule has 1 aliphatic heterocycles. The zero-order valence-electron chi connectivity index (χ0n) is 18.0. The average Bonchev–Trinajstić information content (AvgIpc) is 2.82. The Morgan fingerprint density at radius 2 is 1.84 bits per heavy atom. The van der Waals surface area contributed by atoms with Crippen LogP contribution in [0.5, 0.6) is 0 Å². The molecule has 8 nitrogen and oxygen atoms in total. The van der Waals surface area contributed by atoms with Crippen LogP contribution in [0.1, 0.15) is 23.7 Å². The highest BCUT2D eigenvalue weighted by Crippen LogP contribution is 2.27. The third-order valence-corrected chi connectivity index (χ3v) is 6.27. The molecule has 0 aliphatic carbocycles. The summed E-state index contributed by atoms with van der Waals surface area (Å²) in [6.45, 7) is 7.02. The predicted molar refractivity (Wildman–Crippen MR) is 121 cm³/mol. The van der Waals surface area contributed by atoms with E-state index in [9.17, 15) is 9.59 Å². The van der Waals surface area contributed by atoms with Crippen LogP contribution in [0.4, 0.5) is 5.95 Å². The van der Waals surface area contributed by atoms with E-state index in [-0.39, 0.29) is 17.1 Å². The molecule has 3 rings (SSSR count). The first-order chi connectivity index (χ1) is 15.1. The molecule has 0 radical (unpaired) electrons. The van der Waals surface area contributed by atoms with Gasteiger partial charge in [0.15, 0.2) is 0 Å². The molecule has 0 saturated carbocycles. The molecule has 166 valence electrons. The number of thioether (sulfide) groups is 1. The number of hydrogen-bond acceptors (Lipinski definition) is 8. The van der Waals surface area contributed by atoms with Gasteiger partial charge in [-0.3, -0.25) is 14.5 Å². The van der Waals surface area contributed by atoms with E-state index in [4.69, 9.17) is 4.74 Å². The number of carbonyl (C=O) groups is 2. The van der Waals surface area contributed by atoms with Crippen molar-refractivity contribution in [2.45, 2.75) is 23.5 Å². The van der Waals surface area contributed by atoms with E-state index in [1.54, 1.807) is 25.4 Å². The third-order valence-electron chi connectivity index (χ3n) is 5.11. The van der Waals surface area contributed by atoms with Crippen LogP contribution in [0.15, 0.2) is 47.6 Å². The van der Waals surface area contributed by atoms with Crippen LogP contribution < -0.4 is 10.2 Å². The topological polar surface area (TPSA) is 87.7 Å². The van der Waals surface area contributed by atoms with Gasteiger partial charge in [0.05, 0.1) is 12.7 Å². The van der Waals surface area contributed by atoms with Gasteiger partial charge in [0.25, 0.3) is 5.91 Å². The van der Waals surface area contributed by atoms with Crippen molar-refractivity contribution in [2.24, 2.45) is 0 Å². The van der Waals surface area contributed by atoms with Crippen LogP contribution in [0, 0.1) is 0 Å². The van der Waals surface area contributed by atoms with Gasteiger partial charge in [-0.15, -0.1) is 11.8 Å². The highest BCUT2D eigenvalue weighted by molar-refractivity contribution is 8.00. The lowest BCUT2D eigenvalue weighted by Gasteiger charge is -2.34. The number of anilines is 1. The maximum Gasteiger partial charge on any atom is 0.318 e. The summed E-state index contributed by atoms with van der Waals surface area (Å²) >= 11 is 1.33. The van der Waals surface area contributed by atoms with Crippen molar-refractivity contribution in [1.82, 2.24) is 20.2 Å². The third kappa shape index (κ3) is 6.67. The van der Waals surface area contributed by atoms with Crippen molar-refractivity contribution in [3.8, 4) is 0 Å². The van der Waals surface area contributed by atoms with Crippen molar-refractivity contribution in [2.75, 3.05) is 51.3 Å². The summed E-state index contributed by atoms with van der Waals surface area (Å²) in [5.74, 6) is 0.359. The number of rotatable bonds is 9. The highest BCUT2D eigenvalue weighted by atomic mass is 32.2. The molecule has 0 bridgehead atoms. The number of piperazine rings is 1. The Kier molecular flexibility index (Phi) is 8.66. The van der Waals surface area contributed by atoms with Crippen molar-refractivity contribution >= 4 is 29.6 Å². The second kappa shape index (κ2) is 11.7. The van der Waals surface area contributed by atoms with Gasteiger partial charge in [-0.1, -0.05) is 12.1 Å². The van der Waals surface area contributed by atoms with Gasteiger partial charge in [0.2, 0.25) is 5.95 Å². The summed E-state index contributed by atoms with van der Waals surface area (Å²) in [5, 5.41) is 2.63. The van der Waals surface area contributed by atoms with Gasteiger partial charge in [0, 0.05) is 50.0 Å². The summed E-state index contributed by atoms with van der Waals surface area (Å²) < 4.78 is 4.78. The minimum atomic E-state index is -0.376. The van der Waals surface area contributed by atoms with Crippen LogP contribution in [0.25, 0.3) is 0 Å². The molecule has 1 aromatic carbocycles. The van der Waals surface area contributed by atoms with Gasteiger partial charge >= 0.3 is 5.97 Å². The van der Waals surface area contributed by atoms with Crippen LogP contribution in [-0.2, 0) is 9.53 Å². The zero-order valence-corrected chi connectivity index (χ0v) is 18.8. The van der Waals surface area contributed by atoms with Crippen LogP contribution in [-0.4, -0.2) is 78.4 Å². The number of benzene rings is 1. The molecular weight excluding hydrogens is 414 g/mol. The summed E-state index contributed by atoms with van der Waals surface area (Å²) in [7, 11) is 1.37. The number of amides is 1. The monoisotopic (exact) mass is 443 g/mol. The number of nitrogens with one attached hydrogen (secondary N) is 1. The molecule has 1 aromatic heterocycles. The highest BCUT2D eigenvalue weighted by Gasteiger charge is 2.20. The standard InChI is InChI=1S/C22H29N5O3S/c1-17(21(29)30-2)31-19-8-4-3-7-18(19)20(28)23-11-6-12-26-13-15-27(16-14-26)22-24-9-5-10-25-22/h3-5,7-10,17H,6,11-16H2,1-2H3,(H,23,28). The smallest absolute Gasteiger partial charge is 0.318 e. The van der Waals surface area contributed by atoms with Gasteiger partial charge < -0.3 is 15.0 Å². The molecule has 1 amide bonds. The van der Waals surface area contributed by atoms with Crippen molar-refractivity contribution in [1.29, 1.82) is 0 Å². The van der Waals surface area contributed by atoms with Crippen molar-refractivity contribution in [3.63, 3.8) is 0 Å². The molecule has 31 heavy (non-hydrogen) atoms. The fourth-order valence-electron chi connectivity index (χ4n) is 3.39. The fourth-order valence-corrected chi connectivity index (χ4v) is 4.41. The lowest BCUT2D eigenvalue weighted by atomic mass is 10.2. The molecule has 2 aromatic rings. The fraction of sp³-hybridized carbons (Fsp3) is 0.455. The molecule has 0 spiro atoms. The second-order valence-electron chi connectivity index (χ2n) is 7.27. The molecule has 2 heterocycles. The number of hydrogen-bond donors (Lipinski definition) is 1. The SMILES string of the molecule is COC(=O)C(C)Sc1ccccc1C(=O)NCCCN1CCN(c2ncccn2)CC1. The Labute approximate surface area is 187 Å². The normalized spacial score (nSPS) is 15.4. The second-order valence-corrected chi connectivity index (χ2v) is 8.65. The minimum absolute atomic E-state index is 0.119. The first kappa shape index (κ1) is 23.0. The zero-order chi connectivity index (χ0) is 22.1. The molecule has 1 N–H and O–H groups in total. The summed E-state index contributed by atoms with van der Waals surface area (Å²) in [5.41, 5.74) is 0.583. The predicted octanol–water partition coefficient (Wildman–Crippen LogP) is 2.07. The number of ether oxygens (including phenoxy) is 1. The van der Waals surface area contributed by atoms with Crippen LogP contribution in [0.3, 0.4) is 0 Å². The molecule has 1 aliphatic rings. The van der Waals surface area contributed by atoms with Gasteiger partial charge in [-0.05, 0) is 38.1 Å². The Balaban J connectivity index is 1.41. The van der Waals surface area contributed by atoms with E-state index in [2.05, 4.69) is 25.1 Å². The Morgan fingerprint density at radius 1 is 1.13 bits per heavy atom. The number of methoxy groups -OCH3 is 1. The molecule has 1 unspecified atom stereocenters. The molecule has 9 heteroatoms. The maximum absolute atomic E-state index is 12.7. The van der Waals surface area contributed by atoms with Gasteiger partial charge in [0.1, 0.15) is 5.25 Å². The van der Waals surface area contributed by atoms with Crippen molar-refractivity contribution in [3.05, 3.63) is 48.3 Å². The lowest BCUT2D eigenvalue weighted by molar-refractivity contribution is -0.139. The van der Waals surface area contributed by atoms with E-state index < -0.39 is 0 Å². The Morgan fingerprint density at radius 3 is 2.55 bits per heavy atom. The number of aromatic nitrogens is 2. The van der Waals surface area contributed by atoms with E-state index in [0.29, 0.717) is 12.1 Å². The Bertz CT molecular complexity index is 859. The summed E-state index contributed by atoms with van der Waals surface area (Å²) in [4.78, 5) is 38.4. The molecule has 1 fully saturated rings. The lowest BCUT2D eigenvalue weighted by Crippen LogP contribution is -2.47. The largest absolute Gasteiger partial charge is 0.468 e. The number of esters is 1. The molecule has 1 saturated heterocycles. The van der Waals surface area contributed by atoms with E-state index >= 15 is 0 Å². The molecule has 1 atom stereocenters. The number of nitrogens with zero attached hydrogens (tertiary/aromatic N) is 4. The summed E-state index contributed by atoms with van der Waals surface area (Å²) in [6.07, 6.45) is 4.41. The average molecular weight is 444 g/mol. The summed E-state index contributed by atoms with van der Waals surface area (Å²) in [6, 6.07) is 9.16. The Hall–Kier alpha value is -2.65. The van der Waals surface area contributed by atoms with E-state index in [1.807, 2.05) is 24.3 Å². The molecular formula is C22H29N5O3S. The first-order valence-electron chi connectivity index (χ1n) is 10.4. The first-order valence-corrected chi connectivity index (χ1v) is 11.3. The van der Waals surface area contributed by atoms with E-state index in [0.717, 1.165) is 50.0 Å². The quantitative estimate of drug-likeness (QED) is 0.358. The minimum Gasteiger partial charge on any atom is -0.468 e. The number of carbonyl (C=O) groups excluding carboxylic acids is 2. The van der Waals surface area contributed by atoms with Crippen molar-refractivity contribution < 1.29 is 14.3 Å². The van der Waals surface area contributed by atoms with Crippen LogP contribution in [0.2, 0.25) is 0 Å². The maximum atomic E-state index is 12.7. The van der Waals surface area contributed by atoms with Gasteiger partial charge in [-0.25, -0.2) is 9.97 Å².